The van der Waals surface area contributed by atoms with Crippen molar-refractivity contribution in [2.45, 2.75) is 6.42 Å². The highest BCUT2D eigenvalue weighted by atomic mass is 32.1. The van der Waals surface area contributed by atoms with Crippen molar-refractivity contribution >= 4 is 28.6 Å². The summed E-state index contributed by atoms with van der Waals surface area (Å²) in [6.45, 7) is 4.12. The molecular formula is C16H19N3OS. The van der Waals surface area contributed by atoms with Crippen molar-refractivity contribution in [1.29, 1.82) is 0 Å². The number of amides is 1. The van der Waals surface area contributed by atoms with Gasteiger partial charge in [-0.15, -0.1) is 11.3 Å². The minimum atomic E-state index is 0.0346. The molecule has 3 rings (SSSR count). The van der Waals surface area contributed by atoms with Gasteiger partial charge in [0.05, 0.1) is 6.42 Å². The second kappa shape index (κ2) is 6.74. The molecule has 1 aromatic carbocycles. The summed E-state index contributed by atoms with van der Waals surface area (Å²) in [6.07, 6.45) is 0.442. The fourth-order valence-electron chi connectivity index (χ4n) is 2.46. The zero-order valence-electron chi connectivity index (χ0n) is 11.8. The molecule has 5 heteroatoms. The molecular weight excluding hydrogens is 282 g/mol. The van der Waals surface area contributed by atoms with Crippen molar-refractivity contribution in [2.75, 3.05) is 36.4 Å². The van der Waals surface area contributed by atoms with Crippen LogP contribution in [0, 0.1) is 0 Å². The number of hydrogen-bond acceptors (Lipinski definition) is 4. The van der Waals surface area contributed by atoms with Gasteiger partial charge in [-0.05, 0) is 35.7 Å². The first-order valence-corrected chi connectivity index (χ1v) is 8.07. The molecule has 1 fully saturated rings. The van der Waals surface area contributed by atoms with Crippen LogP contribution in [0.15, 0.2) is 41.8 Å². The third-order valence-electron chi connectivity index (χ3n) is 3.55. The second-order valence-corrected chi connectivity index (χ2v) is 6.12. The molecule has 110 valence electrons. The van der Waals surface area contributed by atoms with Crippen LogP contribution in [0.3, 0.4) is 0 Å². The molecule has 2 aromatic rings. The molecule has 0 atom stereocenters. The summed E-state index contributed by atoms with van der Waals surface area (Å²) in [6, 6.07) is 12.1. The first kappa shape index (κ1) is 14.1. The lowest BCUT2D eigenvalue weighted by molar-refractivity contribution is -0.115. The van der Waals surface area contributed by atoms with Crippen molar-refractivity contribution in [2.24, 2.45) is 0 Å². The van der Waals surface area contributed by atoms with E-state index in [2.05, 4.69) is 27.7 Å². The zero-order chi connectivity index (χ0) is 14.5. The van der Waals surface area contributed by atoms with E-state index in [9.17, 15) is 4.79 Å². The monoisotopic (exact) mass is 301 g/mol. The number of piperazine rings is 1. The van der Waals surface area contributed by atoms with E-state index in [1.807, 2.05) is 29.6 Å². The van der Waals surface area contributed by atoms with E-state index < -0.39 is 0 Å². The van der Waals surface area contributed by atoms with Gasteiger partial charge in [0.15, 0.2) is 0 Å². The van der Waals surface area contributed by atoms with Crippen LogP contribution in [0.25, 0.3) is 0 Å². The third kappa shape index (κ3) is 3.83. The number of carbonyl (C=O) groups is 1. The van der Waals surface area contributed by atoms with Crippen LogP contribution in [-0.2, 0) is 11.2 Å². The maximum atomic E-state index is 11.9. The maximum absolute atomic E-state index is 11.9. The van der Waals surface area contributed by atoms with Gasteiger partial charge in [-0.1, -0.05) is 6.07 Å². The fraction of sp³-hybridized carbons (Fsp3) is 0.312. The largest absolute Gasteiger partial charge is 0.369 e. The smallest absolute Gasteiger partial charge is 0.229 e. The van der Waals surface area contributed by atoms with Crippen molar-refractivity contribution in [3.63, 3.8) is 0 Å². The molecule has 0 aliphatic carbocycles. The molecule has 1 amide bonds. The Labute approximate surface area is 128 Å². The minimum absolute atomic E-state index is 0.0346. The van der Waals surface area contributed by atoms with Crippen LogP contribution in [0.1, 0.15) is 4.88 Å². The number of carbonyl (C=O) groups excluding carboxylic acids is 1. The number of hydrogen-bond donors (Lipinski definition) is 2. The lowest BCUT2D eigenvalue weighted by Gasteiger charge is -2.29. The lowest BCUT2D eigenvalue weighted by atomic mass is 10.2. The molecule has 2 heterocycles. The Morgan fingerprint density at radius 3 is 2.62 bits per heavy atom. The summed E-state index contributed by atoms with van der Waals surface area (Å²) in [5, 5.41) is 8.28. The standard InChI is InChI=1S/C16H19N3OS/c20-16(12-15-2-1-11-21-15)18-13-3-5-14(6-4-13)19-9-7-17-8-10-19/h1-6,11,17H,7-10,12H2,(H,18,20). The highest BCUT2D eigenvalue weighted by Crippen LogP contribution is 2.19. The Balaban J connectivity index is 1.57. The average molecular weight is 301 g/mol. The molecule has 0 radical (unpaired) electrons. The van der Waals surface area contributed by atoms with E-state index in [-0.39, 0.29) is 5.91 Å². The molecule has 0 saturated carbocycles. The van der Waals surface area contributed by atoms with Crippen molar-refractivity contribution in [3.8, 4) is 0 Å². The van der Waals surface area contributed by atoms with Gasteiger partial charge in [-0.2, -0.15) is 0 Å². The van der Waals surface area contributed by atoms with E-state index in [4.69, 9.17) is 0 Å². The summed E-state index contributed by atoms with van der Waals surface area (Å²) >= 11 is 1.61. The van der Waals surface area contributed by atoms with Gasteiger partial charge in [0.1, 0.15) is 0 Å². The van der Waals surface area contributed by atoms with Gasteiger partial charge in [0.2, 0.25) is 5.91 Å². The second-order valence-electron chi connectivity index (χ2n) is 5.09. The van der Waals surface area contributed by atoms with Crippen LogP contribution in [0.5, 0.6) is 0 Å². The summed E-state index contributed by atoms with van der Waals surface area (Å²) < 4.78 is 0. The highest BCUT2D eigenvalue weighted by Gasteiger charge is 2.10. The van der Waals surface area contributed by atoms with Gasteiger partial charge < -0.3 is 15.5 Å². The van der Waals surface area contributed by atoms with E-state index in [1.54, 1.807) is 11.3 Å². The van der Waals surface area contributed by atoms with Gasteiger partial charge >= 0.3 is 0 Å². The molecule has 2 N–H and O–H groups in total. The predicted octanol–water partition coefficient (Wildman–Crippen LogP) is 2.34. The van der Waals surface area contributed by atoms with Crippen molar-refractivity contribution < 1.29 is 4.79 Å². The number of thiophene rings is 1. The van der Waals surface area contributed by atoms with E-state index >= 15 is 0 Å². The zero-order valence-corrected chi connectivity index (χ0v) is 12.7. The Kier molecular flexibility index (Phi) is 4.52. The first-order chi connectivity index (χ1) is 10.3. The maximum Gasteiger partial charge on any atom is 0.229 e. The number of nitrogens with zero attached hydrogens (tertiary/aromatic N) is 1. The van der Waals surface area contributed by atoms with Crippen LogP contribution in [-0.4, -0.2) is 32.1 Å². The third-order valence-corrected chi connectivity index (χ3v) is 4.42. The molecule has 0 unspecified atom stereocenters. The van der Waals surface area contributed by atoms with Crippen molar-refractivity contribution in [1.82, 2.24) is 5.32 Å². The molecule has 21 heavy (non-hydrogen) atoms. The molecule has 1 saturated heterocycles. The van der Waals surface area contributed by atoms with E-state index in [0.717, 1.165) is 36.7 Å². The molecule has 0 spiro atoms. The molecule has 1 aliphatic heterocycles. The van der Waals surface area contributed by atoms with Crippen LogP contribution >= 0.6 is 11.3 Å². The topological polar surface area (TPSA) is 44.4 Å². The lowest BCUT2D eigenvalue weighted by Crippen LogP contribution is -2.43. The Morgan fingerprint density at radius 2 is 1.95 bits per heavy atom. The minimum Gasteiger partial charge on any atom is -0.369 e. The van der Waals surface area contributed by atoms with E-state index in [0.29, 0.717) is 6.42 Å². The summed E-state index contributed by atoms with van der Waals surface area (Å²) in [4.78, 5) is 15.4. The van der Waals surface area contributed by atoms with Crippen LogP contribution in [0.4, 0.5) is 11.4 Å². The van der Waals surface area contributed by atoms with Gasteiger partial charge in [-0.3, -0.25) is 4.79 Å². The normalized spacial score (nSPS) is 15.0. The number of anilines is 2. The highest BCUT2D eigenvalue weighted by molar-refractivity contribution is 7.10. The molecule has 4 nitrogen and oxygen atoms in total. The number of benzene rings is 1. The van der Waals surface area contributed by atoms with Crippen LogP contribution < -0.4 is 15.5 Å². The Morgan fingerprint density at radius 1 is 1.19 bits per heavy atom. The molecule has 1 aliphatic rings. The Hall–Kier alpha value is -1.85. The predicted molar refractivity (Wildman–Crippen MR) is 88.2 cm³/mol. The quantitative estimate of drug-likeness (QED) is 0.911. The fourth-order valence-corrected chi connectivity index (χ4v) is 3.16. The first-order valence-electron chi connectivity index (χ1n) is 7.19. The SMILES string of the molecule is O=C(Cc1cccs1)Nc1ccc(N2CCNCC2)cc1. The summed E-state index contributed by atoms with van der Waals surface area (Å²) in [5.41, 5.74) is 2.07. The average Bonchev–Trinajstić information content (AvgIpc) is 3.02. The number of nitrogens with one attached hydrogen (secondary N) is 2. The van der Waals surface area contributed by atoms with Crippen molar-refractivity contribution in [3.05, 3.63) is 46.7 Å². The van der Waals surface area contributed by atoms with Gasteiger partial charge in [0, 0.05) is 42.4 Å². The molecule has 0 bridgehead atoms. The van der Waals surface area contributed by atoms with Gasteiger partial charge in [-0.25, -0.2) is 0 Å². The summed E-state index contributed by atoms with van der Waals surface area (Å²) in [7, 11) is 0. The molecule has 1 aromatic heterocycles. The summed E-state index contributed by atoms with van der Waals surface area (Å²) in [5.74, 6) is 0.0346. The van der Waals surface area contributed by atoms with E-state index in [1.165, 1.54) is 5.69 Å². The number of rotatable bonds is 4. The van der Waals surface area contributed by atoms with Crippen LogP contribution in [0.2, 0.25) is 0 Å². The Bertz CT molecular complexity index is 574. The van der Waals surface area contributed by atoms with Gasteiger partial charge in [0.25, 0.3) is 0 Å².